The average Bonchev–Trinajstić information content (AvgIpc) is 3.79. The van der Waals surface area contributed by atoms with Gasteiger partial charge in [0.15, 0.2) is 24.6 Å². The summed E-state index contributed by atoms with van der Waals surface area (Å²) in [6.07, 6.45) is 0. The van der Waals surface area contributed by atoms with Crippen molar-refractivity contribution in [2.45, 2.75) is 5.41 Å². The van der Waals surface area contributed by atoms with E-state index in [4.69, 9.17) is 15.0 Å². The first-order chi connectivity index (χ1) is 34.6. The fourth-order valence-electron chi connectivity index (χ4n) is 11.5. The van der Waals surface area contributed by atoms with Gasteiger partial charge in [0.2, 0.25) is 0 Å². The average molecular weight is 913 g/mol. The van der Waals surface area contributed by atoms with Gasteiger partial charge in [-0.1, -0.05) is 218 Å². The Bertz CT molecular complexity index is 4090. The molecule has 0 N–H and O–H groups in total. The van der Waals surface area contributed by atoms with Crippen LogP contribution in [0.25, 0.3) is 83.9 Å². The van der Waals surface area contributed by atoms with E-state index in [0.717, 1.165) is 77.2 Å². The molecule has 0 saturated heterocycles. The molecule has 6 heteroatoms. The van der Waals surface area contributed by atoms with Crippen molar-refractivity contribution in [3.63, 3.8) is 0 Å². The van der Waals surface area contributed by atoms with E-state index in [2.05, 4.69) is 187 Å². The highest BCUT2D eigenvalue weighted by atomic mass is 31.2. The van der Waals surface area contributed by atoms with Crippen LogP contribution >= 0.6 is 7.14 Å². The van der Waals surface area contributed by atoms with Crippen molar-refractivity contribution in [3.8, 4) is 62.1 Å². The van der Waals surface area contributed by atoms with Crippen LogP contribution in [0.1, 0.15) is 22.3 Å². The molecule has 2 aromatic heterocycles. The highest BCUT2D eigenvalue weighted by Gasteiger charge is 2.54. The van der Waals surface area contributed by atoms with Crippen LogP contribution in [0.5, 0.6) is 0 Å². The molecule has 4 heterocycles. The van der Waals surface area contributed by atoms with Gasteiger partial charge in [-0.05, 0) is 74.8 Å². The predicted molar refractivity (Wildman–Crippen MR) is 286 cm³/mol. The van der Waals surface area contributed by atoms with Gasteiger partial charge in [0, 0.05) is 43.4 Å². The number of fused-ring (bicyclic) bond motifs is 11. The molecule has 1 spiro atoms. The Hall–Kier alpha value is -8.76. The van der Waals surface area contributed by atoms with Crippen LogP contribution in [0.3, 0.4) is 0 Å². The lowest BCUT2D eigenvalue weighted by Gasteiger charge is -2.47. The fraction of sp³-hybridized carbons (Fsp3) is 0.0156. The third-order valence-electron chi connectivity index (χ3n) is 14.5. The monoisotopic (exact) mass is 912 g/mol. The topological polar surface area (TPSA) is 60.7 Å². The summed E-state index contributed by atoms with van der Waals surface area (Å²) in [4.78, 5) is 15.4. The van der Waals surface area contributed by atoms with E-state index >= 15 is 4.57 Å². The van der Waals surface area contributed by atoms with Crippen LogP contribution < -0.4 is 15.9 Å². The molecule has 70 heavy (non-hydrogen) atoms. The van der Waals surface area contributed by atoms with E-state index in [1.807, 2.05) is 66.7 Å². The zero-order valence-electron chi connectivity index (χ0n) is 37.8. The first-order valence-corrected chi connectivity index (χ1v) is 25.4. The number of benzene rings is 10. The summed E-state index contributed by atoms with van der Waals surface area (Å²) in [5, 5.41) is 4.94. The van der Waals surface area contributed by atoms with Gasteiger partial charge in [-0.15, -0.1) is 0 Å². The third kappa shape index (κ3) is 5.86. The number of nitrogens with zero attached hydrogens (tertiary/aromatic N) is 4. The van der Waals surface area contributed by atoms with E-state index in [1.54, 1.807) is 0 Å². The second-order valence-electron chi connectivity index (χ2n) is 18.2. The van der Waals surface area contributed by atoms with Gasteiger partial charge in [0.25, 0.3) is 0 Å². The summed E-state index contributed by atoms with van der Waals surface area (Å²) in [5.74, 6) is 1.78. The lowest BCUT2D eigenvalue weighted by Crippen LogP contribution is -2.48. The lowest BCUT2D eigenvalue weighted by molar-refractivity contribution is 0.590. The van der Waals surface area contributed by atoms with Crippen molar-refractivity contribution in [2.24, 2.45) is 0 Å². The van der Waals surface area contributed by atoms with E-state index in [1.165, 1.54) is 27.4 Å². The number of hydrogen-bond acceptors (Lipinski definition) is 4. The molecule has 0 amide bonds. The minimum absolute atomic E-state index is 0.579. The van der Waals surface area contributed by atoms with E-state index < -0.39 is 12.6 Å². The molecular formula is C64H41N4OP. The highest BCUT2D eigenvalue weighted by Crippen LogP contribution is 2.61. The van der Waals surface area contributed by atoms with Crippen molar-refractivity contribution < 1.29 is 4.57 Å². The molecule has 2 aliphatic heterocycles. The minimum atomic E-state index is -3.43. The second-order valence-corrected chi connectivity index (χ2v) is 20.9. The summed E-state index contributed by atoms with van der Waals surface area (Å²) >= 11 is 0. The molecule has 14 rings (SSSR count). The normalized spacial score (nSPS) is 16.5. The van der Waals surface area contributed by atoms with E-state index in [-0.39, 0.29) is 0 Å². The Balaban J connectivity index is 1.000. The summed E-state index contributed by atoms with van der Waals surface area (Å²) in [6.45, 7) is 0. The maximum Gasteiger partial charge on any atom is 0.171 e. The molecule has 0 saturated carbocycles. The highest BCUT2D eigenvalue weighted by molar-refractivity contribution is 7.85. The molecular weight excluding hydrogens is 872 g/mol. The van der Waals surface area contributed by atoms with Gasteiger partial charge in [-0.3, -0.25) is 0 Å². The van der Waals surface area contributed by atoms with Crippen LogP contribution in [-0.2, 0) is 9.98 Å². The van der Waals surface area contributed by atoms with Gasteiger partial charge < -0.3 is 9.13 Å². The molecule has 5 nitrogen and oxygen atoms in total. The van der Waals surface area contributed by atoms with Crippen LogP contribution in [-0.4, -0.2) is 19.5 Å². The van der Waals surface area contributed by atoms with Crippen molar-refractivity contribution in [3.05, 3.63) is 271 Å². The van der Waals surface area contributed by atoms with E-state index in [9.17, 15) is 0 Å². The Labute approximate surface area is 405 Å². The van der Waals surface area contributed by atoms with Crippen molar-refractivity contribution in [1.29, 1.82) is 0 Å². The molecule has 0 radical (unpaired) electrons. The number of aromatic nitrogens is 4. The van der Waals surface area contributed by atoms with Gasteiger partial charge in [0.1, 0.15) is 0 Å². The minimum Gasteiger partial charge on any atom is -0.309 e. The Morgan fingerprint density at radius 1 is 0.343 bits per heavy atom. The first kappa shape index (κ1) is 40.3. The Morgan fingerprint density at radius 2 is 0.829 bits per heavy atom. The first-order valence-electron chi connectivity index (χ1n) is 23.7. The smallest absolute Gasteiger partial charge is 0.171 e. The summed E-state index contributed by atoms with van der Waals surface area (Å²) in [7, 11) is -3.43. The van der Waals surface area contributed by atoms with Crippen molar-refractivity contribution in [1.82, 2.24) is 19.5 Å². The second kappa shape index (κ2) is 15.6. The van der Waals surface area contributed by atoms with Crippen LogP contribution in [0.15, 0.2) is 249 Å². The van der Waals surface area contributed by atoms with Gasteiger partial charge >= 0.3 is 0 Å². The summed E-state index contributed by atoms with van der Waals surface area (Å²) in [6, 6.07) is 87.0. The third-order valence-corrected chi connectivity index (χ3v) is 17.7. The summed E-state index contributed by atoms with van der Waals surface area (Å²) < 4.78 is 19.1. The largest absolute Gasteiger partial charge is 0.309 e. The zero-order valence-corrected chi connectivity index (χ0v) is 38.7. The van der Waals surface area contributed by atoms with Crippen molar-refractivity contribution in [2.75, 3.05) is 0 Å². The Kier molecular flexibility index (Phi) is 9.01. The van der Waals surface area contributed by atoms with Crippen LogP contribution in [0.2, 0.25) is 0 Å². The fourth-order valence-corrected chi connectivity index (χ4v) is 14.6. The molecule has 0 fully saturated rings. The molecule has 0 aliphatic carbocycles. The molecule has 2 unspecified atom stereocenters. The zero-order chi connectivity index (χ0) is 46.4. The van der Waals surface area contributed by atoms with Crippen molar-refractivity contribution >= 4 is 44.9 Å². The molecule has 328 valence electrons. The number of para-hydroxylation sites is 3. The number of hydrogen-bond donors (Lipinski definition) is 0. The van der Waals surface area contributed by atoms with E-state index in [0.29, 0.717) is 17.5 Å². The molecule has 2 aliphatic rings. The van der Waals surface area contributed by atoms with Gasteiger partial charge in [-0.2, -0.15) is 0 Å². The van der Waals surface area contributed by atoms with Crippen LogP contribution in [0, 0.1) is 0 Å². The standard InChI is InChI=1S/C64H41N4OP/c69-70(49-24-8-3-9-25-49)58-33-15-12-29-53(58)64(52-28-11-14-32-57(52)68-56-31-13-10-26-50(56)51-27-17-30-54(64)60(51)68)55-41-47(38-39-59(55)70)46-22-16-23-48(40-46)63-66-61(44-20-6-2-7-21-44)65-62(67-63)45-36-34-43(35-37-45)42-18-4-1-5-19-42/h1-41H. The predicted octanol–water partition coefficient (Wildman–Crippen LogP) is 14.0. The molecule has 10 aromatic carbocycles. The molecule has 0 bridgehead atoms. The van der Waals surface area contributed by atoms with Gasteiger partial charge in [0.05, 0.1) is 22.1 Å². The molecule has 12 aromatic rings. The van der Waals surface area contributed by atoms with Crippen LogP contribution in [0.4, 0.5) is 0 Å². The SMILES string of the molecule is O=P1(c2ccccc2)c2ccccc2C2(c3ccccc3-n3c4ccccc4c4cccc2c43)c2cc(-c3cccc(-c4nc(-c5ccccc5)nc(-c5ccc(-c6ccccc6)cc5)n4)c3)ccc21. The lowest BCUT2D eigenvalue weighted by atomic mass is 9.62. The Morgan fingerprint density at radius 3 is 1.60 bits per heavy atom. The summed E-state index contributed by atoms with van der Waals surface area (Å²) in [5.41, 5.74) is 14.0. The van der Waals surface area contributed by atoms with Gasteiger partial charge in [-0.25, -0.2) is 15.0 Å². The maximum atomic E-state index is 16.7. The molecule has 2 atom stereocenters. The number of rotatable bonds is 6. The quantitative estimate of drug-likeness (QED) is 0.156. The maximum absolute atomic E-state index is 16.7.